The molecule has 1 heterocycles. The summed E-state index contributed by atoms with van der Waals surface area (Å²) in [5, 5.41) is 21.0. The van der Waals surface area contributed by atoms with Gasteiger partial charge in [0.25, 0.3) is 5.69 Å². The van der Waals surface area contributed by atoms with Crippen molar-refractivity contribution in [2.45, 2.75) is 25.1 Å². The minimum atomic E-state index is -1.25. The van der Waals surface area contributed by atoms with Crippen molar-refractivity contribution in [1.82, 2.24) is 4.90 Å². The standard InChI is InChI=1S/C23H22N2O6/c1-3-19-20(14-9-16-7-5-4-6-8-16)24(22(19)27)21(15(2)26)23(28)31-18-12-10-17(11-13-18)25(29)30/h3-15,19-21,26H,1H2,2H3/b14-9+/t15?,19-,20-,21?/m0/s1. The molecule has 0 bridgehead atoms. The Kier molecular flexibility index (Phi) is 6.61. The lowest BCUT2D eigenvalue weighted by atomic mass is 9.84. The van der Waals surface area contributed by atoms with Crippen LogP contribution in [0.4, 0.5) is 5.69 Å². The molecule has 1 saturated heterocycles. The van der Waals surface area contributed by atoms with Gasteiger partial charge in [0.05, 0.1) is 23.0 Å². The van der Waals surface area contributed by atoms with Crippen LogP contribution in [-0.2, 0) is 9.59 Å². The van der Waals surface area contributed by atoms with Crippen LogP contribution in [0, 0.1) is 16.0 Å². The summed E-state index contributed by atoms with van der Waals surface area (Å²) in [5.41, 5.74) is 0.774. The first-order valence-corrected chi connectivity index (χ1v) is 9.65. The van der Waals surface area contributed by atoms with E-state index in [1.807, 2.05) is 36.4 Å². The summed E-state index contributed by atoms with van der Waals surface area (Å²) >= 11 is 0. The molecule has 3 rings (SSSR count). The minimum absolute atomic E-state index is 0.0749. The lowest BCUT2D eigenvalue weighted by Gasteiger charge is -2.48. The fourth-order valence-corrected chi connectivity index (χ4v) is 3.46. The smallest absolute Gasteiger partial charge is 0.336 e. The van der Waals surface area contributed by atoms with Crippen LogP contribution in [0.25, 0.3) is 6.08 Å². The van der Waals surface area contributed by atoms with Crippen LogP contribution >= 0.6 is 0 Å². The molecule has 8 heteroatoms. The summed E-state index contributed by atoms with van der Waals surface area (Å²) in [6.45, 7) is 5.09. The highest BCUT2D eigenvalue weighted by Crippen LogP contribution is 2.33. The molecule has 31 heavy (non-hydrogen) atoms. The third kappa shape index (κ3) is 4.70. The van der Waals surface area contributed by atoms with E-state index in [4.69, 9.17) is 4.74 Å². The Morgan fingerprint density at radius 1 is 1.23 bits per heavy atom. The Morgan fingerprint density at radius 3 is 2.42 bits per heavy atom. The fourth-order valence-electron chi connectivity index (χ4n) is 3.46. The monoisotopic (exact) mass is 422 g/mol. The molecule has 2 aromatic carbocycles. The first-order valence-electron chi connectivity index (χ1n) is 9.65. The Morgan fingerprint density at radius 2 is 1.87 bits per heavy atom. The van der Waals surface area contributed by atoms with Crippen molar-refractivity contribution in [3.63, 3.8) is 0 Å². The number of nitrogens with zero attached hydrogens (tertiary/aromatic N) is 2. The van der Waals surface area contributed by atoms with Crippen molar-refractivity contribution in [3.05, 3.63) is 89.0 Å². The number of β-lactam (4-membered cyclic amide) rings is 1. The molecule has 1 N–H and O–H groups in total. The van der Waals surface area contributed by atoms with Gasteiger partial charge in [-0.2, -0.15) is 0 Å². The molecular formula is C23H22N2O6. The van der Waals surface area contributed by atoms with Gasteiger partial charge in [0, 0.05) is 12.1 Å². The lowest BCUT2D eigenvalue weighted by molar-refractivity contribution is -0.384. The van der Waals surface area contributed by atoms with E-state index >= 15 is 0 Å². The highest BCUT2D eigenvalue weighted by Gasteiger charge is 2.51. The number of aliphatic hydroxyl groups excluding tert-OH is 1. The topological polar surface area (TPSA) is 110 Å². The molecule has 1 fully saturated rings. The highest BCUT2D eigenvalue weighted by atomic mass is 16.6. The van der Waals surface area contributed by atoms with Crippen molar-refractivity contribution < 1.29 is 24.4 Å². The molecule has 4 atom stereocenters. The Bertz CT molecular complexity index is 1000. The number of carbonyl (C=O) groups excluding carboxylic acids is 2. The number of hydrogen-bond acceptors (Lipinski definition) is 6. The van der Waals surface area contributed by atoms with Gasteiger partial charge in [-0.25, -0.2) is 4.79 Å². The van der Waals surface area contributed by atoms with Gasteiger partial charge >= 0.3 is 5.97 Å². The molecule has 0 aromatic heterocycles. The van der Waals surface area contributed by atoms with Gasteiger partial charge < -0.3 is 14.7 Å². The quantitative estimate of drug-likeness (QED) is 0.175. The molecule has 2 aromatic rings. The number of aliphatic hydroxyl groups is 1. The van der Waals surface area contributed by atoms with Gasteiger partial charge in [0.1, 0.15) is 5.75 Å². The van der Waals surface area contributed by atoms with E-state index in [1.165, 1.54) is 42.2 Å². The van der Waals surface area contributed by atoms with Gasteiger partial charge in [-0.15, -0.1) is 6.58 Å². The van der Waals surface area contributed by atoms with Crippen LogP contribution in [0.2, 0.25) is 0 Å². The molecular weight excluding hydrogens is 400 g/mol. The van der Waals surface area contributed by atoms with Gasteiger partial charge in [0.2, 0.25) is 5.91 Å². The molecule has 1 aliphatic heterocycles. The molecule has 1 aliphatic rings. The van der Waals surface area contributed by atoms with E-state index in [0.717, 1.165) is 5.56 Å². The predicted molar refractivity (Wildman–Crippen MR) is 114 cm³/mol. The number of benzene rings is 2. The average molecular weight is 422 g/mol. The molecule has 0 saturated carbocycles. The Hall–Kier alpha value is -3.78. The molecule has 0 radical (unpaired) electrons. The number of nitro benzene ring substituents is 1. The van der Waals surface area contributed by atoms with Crippen molar-refractivity contribution >= 4 is 23.6 Å². The zero-order valence-corrected chi connectivity index (χ0v) is 16.8. The summed E-state index contributed by atoms with van der Waals surface area (Å²) in [4.78, 5) is 37.0. The third-order valence-electron chi connectivity index (χ3n) is 5.03. The van der Waals surface area contributed by atoms with Crippen LogP contribution in [0.5, 0.6) is 5.75 Å². The van der Waals surface area contributed by atoms with Crippen LogP contribution in [0.15, 0.2) is 73.3 Å². The number of amides is 1. The van der Waals surface area contributed by atoms with Gasteiger partial charge in [-0.3, -0.25) is 14.9 Å². The molecule has 0 spiro atoms. The summed E-state index contributed by atoms with van der Waals surface area (Å²) in [5.74, 6) is -1.62. The second-order valence-corrected chi connectivity index (χ2v) is 7.12. The number of hydrogen-bond donors (Lipinski definition) is 1. The molecule has 1 amide bonds. The van der Waals surface area contributed by atoms with Crippen molar-refractivity contribution in [2.75, 3.05) is 0 Å². The molecule has 0 aliphatic carbocycles. The SMILES string of the molecule is C=C[C@@H]1C(=O)N(C(C(=O)Oc2ccc([N+](=O)[O-])cc2)C(C)O)[C@H]1/C=C/c1ccccc1. The minimum Gasteiger partial charge on any atom is -0.425 e. The lowest BCUT2D eigenvalue weighted by Crippen LogP contribution is -2.67. The maximum absolute atomic E-state index is 12.8. The number of non-ortho nitro benzene ring substituents is 1. The van der Waals surface area contributed by atoms with E-state index in [0.29, 0.717) is 0 Å². The second-order valence-electron chi connectivity index (χ2n) is 7.12. The number of esters is 1. The first kappa shape index (κ1) is 21.9. The summed E-state index contributed by atoms with van der Waals surface area (Å²) in [7, 11) is 0. The van der Waals surface area contributed by atoms with Crippen molar-refractivity contribution in [3.8, 4) is 5.75 Å². The van der Waals surface area contributed by atoms with Crippen molar-refractivity contribution in [2.24, 2.45) is 5.92 Å². The van der Waals surface area contributed by atoms with E-state index in [1.54, 1.807) is 6.08 Å². The molecule has 160 valence electrons. The summed E-state index contributed by atoms with van der Waals surface area (Å²) in [6, 6.07) is 12.7. The average Bonchev–Trinajstić information content (AvgIpc) is 2.75. The summed E-state index contributed by atoms with van der Waals surface area (Å²) in [6.07, 6.45) is 3.94. The van der Waals surface area contributed by atoms with Crippen LogP contribution in [-0.4, -0.2) is 45.0 Å². The first-order chi connectivity index (χ1) is 14.8. The van der Waals surface area contributed by atoms with E-state index < -0.39 is 35.0 Å². The third-order valence-corrected chi connectivity index (χ3v) is 5.03. The number of ether oxygens (including phenoxy) is 1. The normalized spacial score (nSPS) is 20.1. The maximum atomic E-state index is 12.8. The van der Waals surface area contributed by atoms with Crippen molar-refractivity contribution in [1.29, 1.82) is 0 Å². The molecule has 8 nitrogen and oxygen atoms in total. The molecule has 2 unspecified atom stereocenters. The van der Waals surface area contributed by atoms with Gasteiger partial charge in [-0.1, -0.05) is 48.6 Å². The largest absolute Gasteiger partial charge is 0.425 e. The van der Waals surface area contributed by atoms with E-state index in [9.17, 15) is 24.8 Å². The number of carbonyl (C=O) groups is 2. The van der Waals surface area contributed by atoms with Gasteiger partial charge in [-0.05, 0) is 24.6 Å². The second kappa shape index (κ2) is 9.36. The predicted octanol–water partition coefficient (Wildman–Crippen LogP) is 2.98. The maximum Gasteiger partial charge on any atom is 0.336 e. The number of nitro groups is 1. The zero-order valence-electron chi connectivity index (χ0n) is 16.8. The number of likely N-dealkylation sites (tertiary alicyclic amines) is 1. The Balaban J connectivity index is 1.81. The van der Waals surface area contributed by atoms with Crippen LogP contribution < -0.4 is 4.74 Å². The summed E-state index contributed by atoms with van der Waals surface area (Å²) < 4.78 is 5.29. The fraction of sp³-hybridized carbons (Fsp3) is 0.217. The van der Waals surface area contributed by atoms with Crippen LogP contribution in [0.3, 0.4) is 0 Å². The number of rotatable bonds is 8. The van der Waals surface area contributed by atoms with Gasteiger partial charge in [0.15, 0.2) is 6.04 Å². The van der Waals surface area contributed by atoms with Crippen LogP contribution in [0.1, 0.15) is 12.5 Å². The van der Waals surface area contributed by atoms with E-state index in [-0.39, 0.29) is 17.3 Å². The van der Waals surface area contributed by atoms with E-state index in [2.05, 4.69) is 6.58 Å². The Labute approximate surface area is 179 Å². The zero-order chi connectivity index (χ0) is 22.5. The highest BCUT2D eigenvalue weighted by molar-refractivity contribution is 5.94.